The maximum atomic E-state index is 10.5. The largest absolute Gasteiger partial charge is 0.481 e. The zero-order valence-electron chi connectivity index (χ0n) is 9.99. The topological polar surface area (TPSA) is 68.0 Å². The van der Waals surface area contributed by atoms with E-state index >= 15 is 0 Å². The van der Waals surface area contributed by atoms with Crippen molar-refractivity contribution in [3.05, 3.63) is 48.0 Å². The number of carboxylic acid groups (broad SMARTS) is 1. The lowest BCUT2D eigenvalue weighted by molar-refractivity contribution is -0.137. The van der Waals surface area contributed by atoms with Crippen LogP contribution in [0.5, 0.6) is 0 Å². The predicted molar refractivity (Wildman–Crippen MR) is 66.1 cm³/mol. The van der Waals surface area contributed by atoms with E-state index in [0.717, 1.165) is 5.82 Å². The van der Waals surface area contributed by atoms with Gasteiger partial charge in [0.15, 0.2) is 0 Å². The summed E-state index contributed by atoms with van der Waals surface area (Å²) in [5.41, 5.74) is 1.17. The van der Waals surface area contributed by atoms with Crippen molar-refractivity contribution in [1.82, 2.24) is 14.8 Å². The van der Waals surface area contributed by atoms with Crippen LogP contribution in [-0.2, 0) is 17.8 Å². The van der Waals surface area contributed by atoms with Crippen LogP contribution in [0, 0.1) is 0 Å². The van der Waals surface area contributed by atoms with Gasteiger partial charge in [-0.05, 0) is 12.0 Å². The van der Waals surface area contributed by atoms with Crippen molar-refractivity contribution in [3.8, 4) is 0 Å². The maximum absolute atomic E-state index is 10.5. The standard InChI is InChI=1S/C13H15N3O2/c17-13(18)7-4-8-16-10-14-15-12(16)9-11-5-2-1-3-6-11/h1-3,5-6,10H,4,7-9H2,(H,17,18). The molecule has 0 unspecified atom stereocenters. The molecule has 1 aromatic heterocycles. The summed E-state index contributed by atoms with van der Waals surface area (Å²) < 4.78 is 1.91. The number of benzene rings is 1. The Bertz CT molecular complexity index is 508. The van der Waals surface area contributed by atoms with Crippen LogP contribution in [0.1, 0.15) is 24.2 Å². The summed E-state index contributed by atoms with van der Waals surface area (Å²) in [7, 11) is 0. The molecule has 2 aromatic rings. The molecule has 0 radical (unpaired) electrons. The molecular formula is C13H15N3O2. The molecule has 1 aromatic carbocycles. The molecule has 0 aliphatic carbocycles. The van der Waals surface area contributed by atoms with Crippen molar-refractivity contribution >= 4 is 5.97 Å². The van der Waals surface area contributed by atoms with Crippen LogP contribution in [0.2, 0.25) is 0 Å². The fraction of sp³-hybridized carbons (Fsp3) is 0.308. The van der Waals surface area contributed by atoms with Gasteiger partial charge in [0.2, 0.25) is 0 Å². The molecule has 0 aliphatic rings. The van der Waals surface area contributed by atoms with E-state index in [4.69, 9.17) is 5.11 Å². The van der Waals surface area contributed by atoms with Crippen molar-refractivity contribution < 1.29 is 9.90 Å². The molecule has 18 heavy (non-hydrogen) atoms. The number of hydrogen-bond donors (Lipinski definition) is 1. The maximum Gasteiger partial charge on any atom is 0.303 e. The van der Waals surface area contributed by atoms with Crippen LogP contribution in [0.15, 0.2) is 36.7 Å². The van der Waals surface area contributed by atoms with Crippen molar-refractivity contribution in [3.63, 3.8) is 0 Å². The third-order valence-corrected chi connectivity index (χ3v) is 2.69. The Morgan fingerprint density at radius 2 is 2.06 bits per heavy atom. The van der Waals surface area contributed by atoms with Gasteiger partial charge in [-0.1, -0.05) is 30.3 Å². The SMILES string of the molecule is O=C(O)CCCn1cnnc1Cc1ccccc1. The molecule has 0 saturated heterocycles. The van der Waals surface area contributed by atoms with Gasteiger partial charge >= 0.3 is 5.97 Å². The third kappa shape index (κ3) is 3.41. The molecule has 1 heterocycles. The highest BCUT2D eigenvalue weighted by Crippen LogP contribution is 2.07. The Morgan fingerprint density at radius 1 is 1.28 bits per heavy atom. The summed E-state index contributed by atoms with van der Waals surface area (Å²) in [4.78, 5) is 10.5. The van der Waals surface area contributed by atoms with Gasteiger partial charge < -0.3 is 9.67 Å². The van der Waals surface area contributed by atoms with Gasteiger partial charge in [-0.25, -0.2) is 0 Å². The van der Waals surface area contributed by atoms with Crippen LogP contribution in [0.25, 0.3) is 0 Å². The highest BCUT2D eigenvalue weighted by atomic mass is 16.4. The van der Waals surface area contributed by atoms with Crippen LogP contribution in [0.4, 0.5) is 0 Å². The first-order valence-corrected chi connectivity index (χ1v) is 5.88. The summed E-state index contributed by atoms with van der Waals surface area (Å²) >= 11 is 0. The molecule has 0 aliphatic heterocycles. The van der Waals surface area contributed by atoms with E-state index in [9.17, 15) is 4.79 Å². The number of carbonyl (C=O) groups is 1. The number of rotatable bonds is 6. The van der Waals surface area contributed by atoms with Gasteiger partial charge in [-0.2, -0.15) is 0 Å². The average molecular weight is 245 g/mol. The number of hydrogen-bond acceptors (Lipinski definition) is 3. The summed E-state index contributed by atoms with van der Waals surface area (Å²) in [6.45, 7) is 0.640. The van der Waals surface area contributed by atoms with Gasteiger partial charge in [0.25, 0.3) is 0 Å². The lowest BCUT2D eigenvalue weighted by Crippen LogP contribution is -2.06. The Labute approximate surface area is 105 Å². The first-order chi connectivity index (χ1) is 8.75. The smallest absolute Gasteiger partial charge is 0.303 e. The van der Waals surface area contributed by atoms with Crippen LogP contribution >= 0.6 is 0 Å². The fourth-order valence-corrected chi connectivity index (χ4v) is 1.78. The second-order valence-corrected chi connectivity index (χ2v) is 4.10. The molecule has 0 bridgehead atoms. The third-order valence-electron chi connectivity index (χ3n) is 2.69. The quantitative estimate of drug-likeness (QED) is 0.841. The lowest BCUT2D eigenvalue weighted by Gasteiger charge is -2.05. The molecule has 1 N–H and O–H groups in total. The number of aliphatic carboxylic acids is 1. The Hall–Kier alpha value is -2.17. The molecule has 0 atom stereocenters. The highest BCUT2D eigenvalue weighted by molar-refractivity contribution is 5.66. The predicted octanol–water partition coefficient (Wildman–Crippen LogP) is 1.73. The minimum Gasteiger partial charge on any atom is -0.481 e. The van der Waals surface area contributed by atoms with E-state index in [1.165, 1.54) is 5.56 Å². The van der Waals surface area contributed by atoms with Crippen molar-refractivity contribution in [2.24, 2.45) is 0 Å². The first-order valence-electron chi connectivity index (χ1n) is 5.88. The molecule has 5 nitrogen and oxygen atoms in total. The lowest BCUT2D eigenvalue weighted by atomic mass is 10.1. The van der Waals surface area contributed by atoms with Gasteiger partial charge in [-0.15, -0.1) is 10.2 Å². The molecule has 0 saturated carbocycles. The number of aryl methyl sites for hydroxylation is 1. The van der Waals surface area contributed by atoms with E-state index in [0.29, 0.717) is 19.4 Å². The van der Waals surface area contributed by atoms with Crippen molar-refractivity contribution in [2.45, 2.75) is 25.8 Å². The van der Waals surface area contributed by atoms with Crippen LogP contribution in [0.3, 0.4) is 0 Å². The first kappa shape index (κ1) is 12.3. The minimum atomic E-state index is -0.771. The monoisotopic (exact) mass is 245 g/mol. The molecule has 2 rings (SSSR count). The summed E-state index contributed by atoms with van der Waals surface area (Å²) in [6.07, 6.45) is 3.13. The molecule has 0 spiro atoms. The molecule has 0 amide bonds. The second-order valence-electron chi connectivity index (χ2n) is 4.10. The number of nitrogens with zero attached hydrogens (tertiary/aromatic N) is 3. The van der Waals surface area contributed by atoms with E-state index < -0.39 is 5.97 Å². The molecule has 0 fully saturated rings. The number of carboxylic acids is 1. The van der Waals surface area contributed by atoms with Crippen LogP contribution in [-0.4, -0.2) is 25.8 Å². The van der Waals surface area contributed by atoms with E-state index in [2.05, 4.69) is 10.2 Å². The van der Waals surface area contributed by atoms with E-state index in [1.54, 1.807) is 6.33 Å². The normalized spacial score (nSPS) is 10.4. The van der Waals surface area contributed by atoms with E-state index in [-0.39, 0.29) is 6.42 Å². The summed E-state index contributed by atoms with van der Waals surface area (Å²) in [5.74, 6) is 0.0965. The average Bonchev–Trinajstić information content (AvgIpc) is 2.78. The van der Waals surface area contributed by atoms with Gasteiger partial charge in [0.05, 0.1) is 0 Å². The summed E-state index contributed by atoms with van der Waals surface area (Å²) in [5, 5.41) is 16.6. The fourth-order valence-electron chi connectivity index (χ4n) is 1.78. The van der Waals surface area contributed by atoms with Crippen molar-refractivity contribution in [2.75, 3.05) is 0 Å². The second kappa shape index (κ2) is 5.95. The van der Waals surface area contributed by atoms with E-state index in [1.807, 2.05) is 34.9 Å². The minimum absolute atomic E-state index is 0.170. The molecular weight excluding hydrogens is 230 g/mol. The zero-order chi connectivity index (χ0) is 12.8. The highest BCUT2D eigenvalue weighted by Gasteiger charge is 2.06. The summed E-state index contributed by atoms with van der Waals surface area (Å²) in [6, 6.07) is 10.0. The van der Waals surface area contributed by atoms with Crippen LogP contribution < -0.4 is 0 Å². The Kier molecular flexibility index (Phi) is 4.06. The van der Waals surface area contributed by atoms with Crippen molar-refractivity contribution in [1.29, 1.82) is 0 Å². The Morgan fingerprint density at radius 3 is 2.78 bits per heavy atom. The van der Waals surface area contributed by atoms with Gasteiger partial charge in [0.1, 0.15) is 12.2 Å². The zero-order valence-corrected chi connectivity index (χ0v) is 9.99. The van der Waals surface area contributed by atoms with Gasteiger partial charge in [-0.3, -0.25) is 4.79 Å². The Balaban J connectivity index is 1.97. The molecule has 5 heteroatoms. The molecule has 94 valence electrons. The number of aromatic nitrogens is 3. The van der Waals surface area contributed by atoms with Gasteiger partial charge in [0, 0.05) is 19.4 Å².